The van der Waals surface area contributed by atoms with Crippen molar-refractivity contribution >= 4 is 11.7 Å². The summed E-state index contributed by atoms with van der Waals surface area (Å²) >= 11 is 0. The third kappa shape index (κ3) is 3.22. The van der Waals surface area contributed by atoms with Gasteiger partial charge in [0.15, 0.2) is 5.82 Å². The predicted octanol–water partition coefficient (Wildman–Crippen LogP) is 3.28. The summed E-state index contributed by atoms with van der Waals surface area (Å²) in [6.45, 7) is 2.14. The number of esters is 1. The Morgan fingerprint density at radius 3 is 2.53 bits per heavy atom. The third-order valence-corrected chi connectivity index (χ3v) is 3.52. The molecule has 0 heterocycles. The van der Waals surface area contributed by atoms with Crippen molar-refractivity contribution in [3.8, 4) is 0 Å². The molecule has 0 spiro atoms. The fourth-order valence-electron chi connectivity index (χ4n) is 2.32. The molecule has 0 amide bonds. The molecule has 1 aliphatic rings. The van der Waals surface area contributed by atoms with Gasteiger partial charge >= 0.3 is 5.97 Å². The summed E-state index contributed by atoms with van der Waals surface area (Å²) < 4.78 is 32.0. The molecule has 0 atom stereocenters. The Morgan fingerprint density at radius 2 is 1.89 bits per heavy atom. The number of halogens is 2. The van der Waals surface area contributed by atoms with Crippen molar-refractivity contribution < 1.29 is 18.3 Å². The van der Waals surface area contributed by atoms with Gasteiger partial charge in [-0.25, -0.2) is 13.6 Å². The van der Waals surface area contributed by atoms with E-state index in [0.717, 1.165) is 37.8 Å². The van der Waals surface area contributed by atoms with Gasteiger partial charge in [-0.3, -0.25) is 0 Å². The maximum atomic E-state index is 13.7. The fraction of sp³-hybridized carbons (Fsp3) is 0.500. The number of carbonyl (C=O) groups excluding carboxylic acids is 1. The molecule has 1 aromatic carbocycles. The van der Waals surface area contributed by atoms with Crippen LogP contribution in [-0.4, -0.2) is 12.1 Å². The van der Waals surface area contributed by atoms with Crippen LogP contribution >= 0.6 is 0 Å². The van der Waals surface area contributed by atoms with Crippen molar-refractivity contribution in [2.75, 3.05) is 5.73 Å². The molecule has 19 heavy (non-hydrogen) atoms. The van der Waals surface area contributed by atoms with Crippen LogP contribution in [0.5, 0.6) is 0 Å². The van der Waals surface area contributed by atoms with Gasteiger partial charge < -0.3 is 10.5 Å². The van der Waals surface area contributed by atoms with Crippen LogP contribution in [0.15, 0.2) is 12.1 Å². The molecular formula is C14H17F2NO2. The van der Waals surface area contributed by atoms with Crippen molar-refractivity contribution in [1.82, 2.24) is 0 Å². The summed E-state index contributed by atoms with van der Waals surface area (Å²) in [5.41, 5.74) is 4.47. The second-order valence-corrected chi connectivity index (χ2v) is 5.14. The molecule has 0 unspecified atom stereocenters. The van der Waals surface area contributed by atoms with Crippen LogP contribution in [-0.2, 0) is 4.74 Å². The van der Waals surface area contributed by atoms with E-state index in [1.165, 1.54) is 0 Å². The minimum absolute atomic E-state index is 0.215. The van der Waals surface area contributed by atoms with Crippen molar-refractivity contribution in [1.29, 1.82) is 0 Å². The number of nitrogen functional groups attached to an aromatic ring is 1. The summed E-state index contributed by atoms with van der Waals surface area (Å²) in [6, 6.07) is 1.66. The molecule has 3 nitrogen and oxygen atoms in total. The molecule has 1 aliphatic carbocycles. The van der Waals surface area contributed by atoms with Crippen molar-refractivity contribution in [2.24, 2.45) is 5.92 Å². The van der Waals surface area contributed by atoms with Crippen LogP contribution in [0.3, 0.4) is 0 Å². The van der Waals surface area contributed by atoms with Crippen LogP contribution in [0.1, 0.15) is 43.0 Å². The number of benzene rings is 1. The van der Waals surface area contributed by atoms with E-state index in [2.05, 4.69) is 6.92 Å². The highest BCUT2D eigenvalue weighted by Crippen LogP contribution is 2.27. The van der Waals surface area contributed by atoms with E-state index in [1.807, 2.05) is 0 Å². The highest BCUT2D eigenvalue weighted by atomic mass is 19.1. The molecule has 0 saturated heterocycles. The summed E-state index contributed by atoms with van der Waals surface area (Å²) in [6.07, 6.45) is 3.27. The highest BCUT2D eigenvalue weighted by molar-refractivity contribution is 5.91. The zero-order valence-electron chi connectivity index (χ0n) is 10.8. The molecule has 1 fully saturated rings. The lowest BCUT2D eigenvalue weighted by atomic mass is 9.89. The van der Waals surface area contributed by atoms with Gasteiger partial charge in [0.05, 0.1) is 5.69 Å². The molecular weight excluding hydrogens is 252 g/mol. The quantitative estimate of drug-likeness (QED) is 0.662. The van der Waals surface area contributed by atoms with Gasteiger partial charge in [0.25, 0.3) is 0 Å². The number of carbonyl (C=O) groups is 1. The average Bonchev–Trinajstić information content (AvgIpc) is 2.36. The number of anilines is 1. The molecule has 5 heteroatoms. The zero-order chi connectivity index (χ0) is 14.0. The lowest BCUT2D eigenvalue weighted by Gasteiger charge is -2.26. The maximum Gasteiger partial charge on any atom is 0.341 e. The Labute approximate surface area is 110 Å². The minimum Gasteiger partial charge on any atom is -0.459 e. The molecule has 1 saturated carbocycles. The largest absolute Gasteiger partial charge is 0.459 e. The zero-order valence-corrected chi connectivity index (χ0v) is 10.8. The van der Waals surface area contributed by atoms with Gasteiger partial charge in [-0.2, -0.15) is 0 Å². The Balaban J connectivity index is 2.08. The number of rotatable bonds is 2. The summed E-state index contributed by atoms with van der Waals surface area (Å²) in [5, 5.41) is 0. The van der Waals surface area contributed by atoms with Gasteiger partial charge in [0.1, 0.15) is 17.5 Å². The summed E-state index contributed by atoms with van der Waals surface area (Å²) in [4.78, 5) is 11.8. The van der Waals surface area contributed by atoms with Gasteiger partial charge in [0.2, 0.25) is 0 Å². The molecule has 0 bridgehead atoms. The fourth-order valence-corrected chi connectivity index (χ4v) is 2.32. The lowest BCUT2D eigenvalue weighted by molar-refractivity contribution is 0.0168. The highest BCUT2D eigenvalue weighted by Gasteiger charge is 2.24. The predicted molar refractivity (Wildman–Crippen MR) is 67.6 cm³/mol. The van der Waals surface area contributed by atoms with E-state index in [1.54, 1.807) is 0 Å². The number of nitrogens with two attached hydrogens (primary N) is 1. The minimum atomic E-state index is -0.921. The van der Waals surface area contributed by atoms with Crippen LogP contribution in [0, 0.1) is 17.6 Å². The first kappa shape index (κ1) is 13.8. The van der Waals surface area contributed by atoms with Crippen LogP contribution in [0.25, 0.3) is 0 Å². The molecule has 0 aromatic heterocycles. The number of hydrogen-bond donors (Lipinski definition) is 1. The number of hydrogen-bond acceptors (Lipinski definition) is 3. The normalized spacial score (nSPS) is 23.1. The van der Waals surface area contributed by atoms with E-state index in [0.29, 0.717) is 5.92 Å². The second-order valence-electron chi connectivity index (χ2n) is 5.14. The number of ether oxygens (including phenoxy) is 1. The van der Waals surface area contributed by atoms with Gasteiger partial charge in [-0.1, -0.05) is 6.92 Å². The van der Waals surface area contributed by atoms with E-state index >= 15 is 0 Å². The van der Waals surface area contributed by atoms with E-state index in [-0.39, 0.29) is 11.8 Å². The SMILES string of the molecule is CC1CCC(OC(=O)c2cc(F)cc(N)c2F)CC1. The Kier molecular flexibility index (Phi) is 4.02. The van der Waals surface area contributed by atoms with Crippen molar-refractivity contribution in [3.63, 3.8) is 0 Å². The first-order valence-electron chi connectivity index (χ1n) is 6.43. The molecule has 0 aliphatic heterocycles. The average molecular weight is 269 g/mol. The van der Waals surface area contributed by atoms with Crippen LogP contribution in [0.4, 0.5) is 14.5 Å². The standard InChI is InChI=1S/C14H17F2NO2/c1-8-2-4-10(5-3-8)19-14(18)11-6-9(15)7-12(17)13(11)16/h6-8,10H,2-5,17H2,1H3. The first-order valence-corrected chi connectivity index (χ1v) is 6.43. The van der Waals surface area contributed by atoms with E-state index < -0.39 is 23.2 Å². The lowest BCUT2D eigenvalue weighted by Crippen LogP contribution is -2.24. The molecule has 2 N–H and O–H groups in total. The molecule has 1 aromatic rings. The third-order valence-electron chi connectivity index (χ3n) is 3.52. The van der Waals surface area contributed by atoms with Gasteiger partial charge in [0, 0.05) is 0 Å². The van der Waals surface area contributed by atoms with Gasteiger partial charge in [-0.05, 0) is 43.7 Å². The Morgan fingerprint density at radius 1 is 1.26 bits per heavy atom. The summed E-state index contributed by atoms with van der Waals surface area (Å²) in [5.74, 6) is -1.89. The molecule has 0 radical (unpaired) electrons. The second kappa shape index (κ2) is 5.55. The smallest absolute Gasteiger partial charge is 0.341 e. The summed E-state index contributed by atoms with van der Waals surface area (Å²) in [7, 11) is 0. The Bertz CT molecular complexity index is 483. The van der Waals surface area contributed by atoms with Crippen LogP contribution in [0.2, 0.25) is 0 Å². The molecule has 2 rings (SSSR count). The topological polar surface area (TPSA) is 52.3 Å². The monoisotopic (exact) mass is 269 g/mol. The van der Waals surface area contributed by atoms with E-state index in [4.69, 9.17) is 10.5 Å². The van der Waals surface area contributed by atoms with Crippen molar-refractivity contribution in [2.45, 2.75) is 38.7 Å². The first-order chi connectivity index (χ1) is 8.97. The van der Waals surface area contributed by atoms with E-state index in [9.17, 15) is 13.6 Å². The maximum absolute atomic E-state index is 13.7. The van der Waals surface area contributed by atoms with Gasteiger partial charge in [-0.15, -0.1) is 0 Å². The molecule has 104 valence electrons. The van der Waals surface area contributed by atoms with Crippen molar-refractivity contribution in [3.05, 3.63) is 29.3 Å². The van der Waals surface area contributed by atoms with Crippen LogP contribution < -0.4 is 5.73 Å². The Hall–Kier alpha value is -1.65.